The maximum Gasteiger partial charge on any atom is 0.220 e. The second-order valence-corrected chi connectivity index (χ2v) is 5.61. The topological polar surface area (TPSA) is 69.0 Å². The van der Waals surface area contributed by atoms with E-state index in [4.69, 9.17) is 4.74 Å². The molecule has 6 heteroatoms. The van der Waals surface area contributed by atoms with E-state index in [9.17, 15) is 4.79 Å². The molecule has 0 bridgehead atoms. The van der Waals surface area contributed by atoms with Crippen LogP contribution in [0.1, 0.15) is 17.5 Å². The molecule has 0 aliphatic heterocycles. The Morgan fingerprint density at radius 2 is 1.96 bits per heavy atom. The van der Waals surface area contributed by atoms with Crippen LogP contribution in [0.2, 0.25) is 0 Å². The van der Waals surface area contributed by atoms with Gasteiger partial charge in [0.05, 0.1) is 19.0 Å². The number of carbonyl (C=O) groups excluding carboxylic acids is 1. The van der Waals surface area contributed by atoms with Gasteiger partial charge in [-0.15, -0.1) is 0 Å². The number of pyridine rings is 1. The molecule has 3 rings (SSSR count). The first kappa shape index (κ1) is 16.7. The number of benzene rings is 1. The Labute approximate surface area is 146 Å². The van der Waals surface area contributed by atoms with Crippen LogP contribution in [0.5, 0.6) is 5.88 Å². The van der Waals surface area contributed by atoms with E-state index in [0.717, 1.165) is 16.8 Å². The van der Waals surface area contributed by atoms with Crippen molar-refractivity contribution in [3.63, 3.8) is 0 Å². The number of methoxy groups -OCH3 is 1. The quantitative estimate of drug-likeness (QED) is 0.720. The highest BCUT2D eigenvalue weighted by Gasteiger charge is 2.05. The number of rotatable bonds is 7. The van der Waals surface area contributed by atoms with Crippen molar-refractivity contribution in [2.24, 2.45) is 0 Å². The predicted molar refractivity (Wildman–Crippen MR) is 94.5 cm³/mol. The fourth-order valence-electron chi connectivity index (χ4n) is 2.39. The molecule has 25 heavy (non-hydrogen) atoms. The molecule has 3 aromatic rings. The van der Waals surface area contributed by atoms with Gasteiger partial charge in [0, 0.05) is 31.4 Å². The van der Waals surface area contributed by atoms with E-state index in [1.54, 1.807) is 25.6 Å². The van der Waals surface area contributed by atoms with Gasteiger partial charge in [0.15, 0.2) is 0 Å². The fraction of sp³-hybridized carbons (Fsp3) is 0.211. The van der Waals surface area contributed by atoms with Crippen LogP contribution in [0.4, 0.5) is 0 Å². The van der Waals surface area contributed by atoms with Gasteiger partial charge in [-0.1, -0.05) is 24.3 Å². The Morgan fingerprint density at radius 1 is 1.12 bits per heavy atom. The maximum absolute atomic E-state index is 12.0. The van der Waals surface area contributed by atoms with Crippen molar-refractivity contribution in [3.05, 3.63) is 72.2 Å². The SMILES string of the molecule is COc1ccc(CNC(=O)CCc2cnn(-c3ccccc3)c2)cn1. The van der Waals surface area contributed by atoms with Crippen LogP contribution < -0.4 is 10.1 Å². The van der Waals surface area contributed by atoms with E-state index >= 15 is 0 Å². The molecule has 2 aromatic heterocycles. The molecule has 1 aromatic carbocycles. The van der Waals surface area contributed by atoms with E-state index in [1.807, 2.05) is 47.3 Å². The summed E-state index contributed by atoms with van der Waals surface area (Å²) in [6.07, 6.45) is 6.52. The van der Waals surface area contributed by atoms with Crippen molar-refractivity contribution < 1.29 is 9.53 Å². The smallest absolute Gasteiger partial charge is 0.220 e. The van der Waals surface area contributed by atoms with Gasteiger partial charge < -0.3 is 10.1 Å². The van der Waals surface area contributed by atoms with Crippen LogP contribution >= 0.6 is 0 Å². The summed E-state index contributed by atoms with van der Waals surface area (Å²) in [5.74, 6) is 0.564. The lowest BCUT2D eigenvalue weighted by Crippen LogP contribution is -2.23. The van der Waals surface area contributed by atoms with Gasteiger partial charge in [-0.05, 0) is 29.7 Å². The number of ether oxygens (including phenoxy) is 1. The number of nitrogens with one attached hydrogen (secondary N) is 1. The first-order chi connectivity index (χ1) is 12.2. The summed E-state index contributed by atoms with van der Waals surface area (Å²) in [5, 5.41) is 7.24. The molecule has 0 radical (unpaired) electrons. The second kappa shape index (κ2) is 8.10. The number of hydrogen-bond donors (Lipinski definition) is 1. The molecule has 2 heterocycles. The first-order valence-corrected chi connectivity index (χ1v) is 8.09. The van der Waals surface area contributed by atoms with Gasteiger partial charge in [0.25, 0.3) is 0 Å². The summed E-state index contributed by atoms with van der Waals surface area (Å²) in [6, 6.07) is 13.6. The molecule has 0 saturated carbocycles. The zero-order chi connectivity index (χ0) is 17.5. The third-order valence-electron chi connectivity index (χ3n) is 3.79. The zero-order valence-corrected chi connectivity index (χ0v) is 14.1. The maximum atomic E-state index is 12.0. The van der Waals surface area contributed by atoms with Crippen LogP contribution in [0.3, 0.4) is 0 Å². The van der Waals surface area contributed by atoms with Gasteiger partial charge in [-0.2, -0.15) is 5.10 Å². The minimum Gasteiger partial charge on any atom is -0.481 e. The lowest BCUT2D eigenvalue weighted by molar-refractivity contribution is -0.121. The van der Waals surface area contributed by atoms with Gasteiger partial charge in [-0.3, -0.25) is 4.79 Å². The van der Waals surface area contributed by atoms with Gasteiger partial charge >= 0.3 is 0 Å². The fourth-order valence-corrected chi connectivity index (χ4v) is 2.39. The van der Waals surface area contributed by atoms with E-state index in [-0.39, 0.29) is 5.91 Å². The van der Waals surface area contributed by atoms with E-state index in [1.165, 1.54) is 0 Å². The predicted octanol–water partition coefficient (Wildman–Crippen LogP) is 2.52. The normalized spacial score (nSPS) is 10.4. The van der Waals surface area contributed by atoms with Crippen LogP contribution in [0, 0.1) is 0 Å². The molecule has 1 N–H and O–H groups in total. The van der Waals surface area contributed by atoms with Gasteiger partial charge in [0.1, 0.15) is 0 Å². The monoisotopic (exact) mass is 336 g/mol. The third kappa shape index (κ3) is 4.67. The number of nitrogens with zero attached hydrogens (tertiary/aromatic N) is 3. The average Bonchev–Trinajstić information content (AvgIpc) is 3.15. The van der Waals surface area contributed by atoms with Crippen molar-refractivity contribution in [1.29, 1.82) is 0 Å². The summed E-state index contributed by atoms with van der Waals surface area (Å²) < 4.78 is 6.83. The molecule has 0 spiro atoms. The Morgan fingerprint density at radius 3 is 2.68 bits per heavy atom. The van der Waals surface area contributed by atoms with Crippen LogP contribution in [-0.2, 0) is 17.8 Å². The van der Waals surface area contributed by atoms with Crippen molar-refractivity contribution in [3.8, 4) is 11.6 Å². The molecule has 0 aliphatic rings. The van der Waals surface area contributed by atoms with Crippen molar-refractivity contribution in [2.75, 3.05) is 7.11 Å². The number of hydrogen-bond acceptors (Lipinski definition) is 4. The molecule has 0 atom stereocenters. The largest absolute Gasteiger partial charge is 0.481 e. The molecule has 0 fully saturated rings. The Hall–Kier alpha value is -3.15. The number of aromatic nitrogens is 3. The minimum atomic E-state index is 0.00304. The second-order valence-electron chi connectivity index (χ2n) is 5.61. The van der Waals surface area contributed by atoms with Crippen LogP contribution in [-0.4, -0.2) is 27.8 Å². The minimum absolute atomic E-state index is 0.00304. The summed E-state index contributed by atoms with van der Waals surface area (Å²) in [4.78, 5) is 16.1. The molecular weight excluding hydrogens is 316 g/mol. The summed E-state index contributed by atoms with van der Waals surface area (Å²) in [7, 11) is 1.57. The molecule has 1 amide bonds. The number of para-hydroxylation sites is 1. The summed E-state index contributed by atoms with van der Waals surface area (Å²) in [6.45, 7) is 0.457. The van der Waals surface area contributed by atoms with E-state index < -0.39 is 0 Å². The van der Waals surface area contributed by atoms with Crippen molar-refractivity contribution in [2.45, 2.75) is 19.4 Å². The molecule has 0 unspecified atom stereocenters. The highest BCUT2D eigenvalue weighted by atomic mass is 16.5. The summed E-state index contributed by atoms with van der Waals surface area (Å²) >= 11 is 0. The van der Waals surface area contributed by atoms with Crippen molar-refractivity contribution >= 4 is 5.91 Å². The standard InChI is InChI=1S/C19H20N4O2/c1-25-19-10-8-15(12-21-19)11-20-18(24)9-7-16-13-22-23(14-16)17-5-3-2-4-6-17/h2-6,8,10,12-14H,7,9,11H2,1H3,(H,20,24). The average molecular weight is 336 g/mol. The number of carbonyl (C=O) groups is 1. The highest BCUT2D eigenvalue weighted by molar-refractivity contribution is 5.76. The van der Waals surface area contributed by atoms with Gasteiger partial charge in [0.2, 0.25) is 11.8 Å². The van der Waals surface area contributed by atoms with Crippen LogP contribution in [0.15, 0.2) is 61.1 Å². The zero-order valence-electron chi connectivity index (χ0n) is 14.1. The lowest BCUT2D eigenvalue weighted by atomic mass is 10.2. The molecule has 0 aliphatic carbocycles. The Kier molecular flexibility index (Phi) is 5.41. The number of amides is 1. The Bertz CT molecular complexity index is 813. The van der Waals surface area contributed by atoms with Gasteiger partial charge in [-0.25, -0.2) is 9.67 Å². The molecular formula is C19H20N4O2. The van der Waals surface area contributed by atoms with E-state index in [0.29, 0.717) is 25.3 Å². The number of aryl methyl sites for hydroxylation is 1. The van der Waals surface area contributed by atoms with E-state index in [2.05, 4.69) is 15.4 Å². The van der Waals surface area contributed by atoms with Crippen molar-refractivity contribution in [1.82, 2.24) is 20.1 Å². The summed E-state index contributed by atoms with van der Waals surface area (Å²) in [5.41, 5.74) is 2.97. The lowest BCUT2D eigenvalue weighted by Gasteiger charge is -2.05. The Balaban J connectivity index is 1.46. The molecule has 6 nitrogen and oxygen atoms in total. The highest BCUT2D eigenvalue weighted by Crippen LogP contribution is 2.09. The molecule has 0 saturated heterocycles. The molecule has 128 valence electrons. The first-order valence-electron chi connectivity index (χ1n) is 8.09. The third-order valence-corrected chi connectivity index (χ3v) is 3.79. The van der Waals surface area contributed by atoms with Crippen LogP contribution in [0.25, 0.3) is 5.69 Å².